The number of esters is 1. The Morgan fingerprint density at radius 3 is 2.27 bits per heavy atom. The lowest BCUT2D eigenvalue weighted by Crippen LogP contribution is -2.24. The Labute approximate surface area is 138 Å². The van der Waals surface area contributed by atoms with Crippen molar-refractivity contribution < 1.29 is 18.3 Å². The zero-order valence-corrected chi connectivity index (χ0v) is 15.5. The number of hydrogen-bond acceptors (Lipinski definition) is 3. The van der Waals surface area contributed by atoms with Crippen LogP contribution in [0, 0.1) is 11.8 Å². The van der Waals surface area contributed by atoms with Crippen LogP contribution in [0.2, 0.25) is 0 Å². The minimum atomic E-state index is -2.57. The van der Waals surface area contributed by atoms with E-state index in [1.165, 1.54) is 11.8 Å². The summed E-state index contributed by atoms with van der Waals surface area (Å²) in [4.78, 5) is 12.1. The van der Waals surface area contributed by atoms with E-state index in [4.69, 9.17) is 4.74 Å². The molecule has 0 heterocycles. The highest BCUT2D eigenvalue weighted by Gasteiger charge is 2.27. The van der Waals surface area contributed by atoms with E-state index in [-0.39, 0.29) is 24.1 Å². The van der Waals surface area contributed by atoms with Gasteiger partial charge in [0, 0.05) is 12.8 Å². The number of ether oxygens (including phenoxy) is 1. The fourth-order valence-corrected chi connectivity index (χ4v) is 3.37. The zero-order chi connectivity index (χ0) is 17.2. The Hall–Kier alpha value is -0.320. The third-order valence-corrected chi connectivity index (χ3v) is 4.44. The zero-order valence-electron chi connectivity index (χ0n) is 14.7. The van der Waals surface area contributed by atoms with Crippen LogP contribution in [-0.4, -0.2) is 29.5 Å². The van der Waals surface area contributed by atoms with Crippen molar-refractivity contribution in [2.75, 3.05) is 12.4 Å². The molecule has 0 fully saturated rings. The van der Waals surface area contributed by atoms with Crippen molar-refractivity contribution in [3.63, 3.8) is 0 Å². The normalized spacial score (nSPS) is 13.7. The maximum absolute atomic E-state index is 13.4. The molecule has 0 aliphatic carbocycles. The van der Waals surface area contributed by atoms with E-state index in [0.29, 0.717) is 37.0 Å². The summed E-state index contributed by atoms with van der Waals surface area (Å²) in [5, 5.41) is -0.237. The van der Waals surface area contributed by atoms with Gasteiger partial charge in [-0.05, 0) is 30.4 Å². The van der Waals surface area contributed by atoms with Crippen LogP contribution in [0.5, 0.6) is 0 Å². The van der Waals surface area contributed by atoms with Gasteiger partial charge in [-0.3, -0.25) is 4.79 Å². The molecule has 22 heavy (non-hydrogen) atoms. The molecule has 0 N–H and O–H groups in total. The van der Waals surface area contributed by atoms with Gasteiger partial charge < -0.3 is 4.74 Å². The van der Waals surface area contributed by atoms with Crippen molar-refractivity contribution in [2.24, 2.45) is 11.8 Å². The molecular formula is C17H32F2O2S. The molecule has 0 saturated carbocycles. The minimum Gasteiger partial charge on any atom is -0.465 e. The topological polar surface area (TPSA) is 26.3 Å². The molecule has 0 spiro atoms. The molecule has 5 heteroatoms. The summed E-state index contributed by atoms with van der Waals surface area (Å²) in [6, 6.07) is 0. The van der Waals surface area contributed by atoms with Crippen LogP contribution < -0.4 is 0 Å². The maximum atomic E-state index is 13.4. The first-order chi connectivity index (χ1) is 10.2. The van der Waals surface area contributed by atoms with Crippen molar-refractivity contribution in [3.05, 3.63) is 0 Å². The Balaban J connectivity index is 4.22. The van der Waals surface area contributed by atoms with Gasteiger partial charge in [-0.1, -0.05) is 41.0 Å². The van der Waals surface area contributed by atoms with Gasteiger partial charge in [0.25, 0.3) is 0 Å². The van der Waals surface area contributed by atoms with Crippen molar-refractivity contribution in [2.45, 2.75) is 77.9 Å². The van der Waals surface area contributed by atoms with Crippen LogP contribution >= 0.6 is 11.8 Å². The number of carbonyl (C=O) groups is 1. The summed E-state index contributed by atoms with van der Waals surface area (Å²) in [6.45, 7) is 10.3. The van der Waals surface area contributed by atoms with Gasteiger partial charge in [0.2, 0.25) is 5.92 Å². The lowest BCUT2D eigenvalue weighted by atomic mass is 10.1. The SMILES string of the molecule is CCCC(F)(F)CCCSC(CC(C)C)C(=O)OCC(C)C. The summed E-state index contributed by atoms with van der Waals surface area (Å²) in [5.74, 6) is -1.51. The Bertz CT molecular complexity index is 307. The molecule has 0 amide bonds. The number of thioether (sulfide) groups is 1. The maximum Gasteiger partial charge on any atom is 0.319 e. The van der Waals surface area contributed by atoms with E-state index in [0.717, 1.165) is 6.42 Å². The second-order valence-corrected chi connectivity index (χ2v) is 8.03. The molecule has 1 atom stereocenters. The van der Waals surface area contributed by atoms with Gasteiger partial charge in [0.15, 0.2) is 0 Å². The highest BCUT2D eigenvalue weighted by molar-refractivity contribution is 8.00. The summed E-state index contributed by atoms with van der Waals surface area (Å²) < 4.78 is 32.1. The van der Waals surface area contributed by atoms with E-state index in [1.807, 2.05) is 13.8 Å². The second-order valence-electron chi connectivity index (χ2n) is 6.72. The van der Waals surface area contributed by atoms with E-state index >= 15 is 0 Å². The summed E-state index contributed by atoms with van der Waals surface area (Å²) in [6.07, 6.45) is 1.51. The first kappa shape index (κ1) is 21.7. The molecular weight excluding hydrogens is 306 g/mol. The standard InChI is InChI=1S/C17H32F2O2S/c1-6-8-17(18,19)9-7-10-22-15(11-13(2)3)16(20)21-12-14(4)5/h13-15H,6-12H2,1-5H3. The average Bonchev–Trinajstić information content (AvgIpc) is 2.38. The number of halogens is 2. The largest absolute Gasteiger partial charge is 0.465 e. The predicted octanol–water partition coefficient (Wildman–Crippen LogP) is 5.55. The molecule has 2 nitrogen and oxygen atoms in total. The molecule has 0 radical (unpaired) electrons. The van der Waals surface area contributed by atoms with E-state index in [2.05, 4.69) is 13.8 Å². The molecule has 0 aromatic carbocycles. The van der Waals surface area contributed by atoms with Crippen molar-refractivity contribution >= 4 is 17.7 Å². The van der Waals surface area contributed by atoms with Gasteiger partial charge in [0.05, 0.1) is 6.61 Å². The minimum absolute atomic E-state index is 0.0521. The van der Waals surface area contributed by atoms with Crippen LogP contribution in [0.4, 0.5) is 8.78 Å². The first-order valence-electron chi connectivity index (χ1n) is 8.34. The van der Waals surface area contributed by atoms with Gasteiger partial charge in [-0.15, -0.1) is 11.8 Å². The molecule has 0 aliphatic rings. The Morgan fingerprint density at radius 2 is 1.77 bits per heavy atom. The van der Waals surface area contributed by atoms with Gasteiger partial charge in [0.1, 0.15) is 5.25 Å². The number of carbonyl (C=O) groups excluding carboxylic acids is 1. The third kappa shape index (κ3) is 11.3. The van der Waals surface area contributed by atoms with Crippen LogP contribution in [0.3, 0.4) is 0 Å². The Morgan fingerprint density at radius 1 is 1.14 bits per heavy atom. The quantitative estimate of drug-likeness (QED) is 0.345. The highest BCUT2D eigenvalue weighted by Crippen LogP contribution is 2.28. The summed E-state index contributed by atoms with van der Waals surface area (Å²) in [5.41, 5.74) is 0. The summed E-state index contributed by atoms with van der Waals surface area (Å²) >= 11 is 1.46. The van der Waals surface area contributed by atoms with Crippen molar-refractivity contribution in [1.82, 2.24) is 0 Å². The number of hydrogen-bond donors (Lipinski definition) is 0. The van der Waals surface area contributed by atoms with E-state index in [1.54, 1.807) is 6.92 Å². The monoisotopic (exact) mass is 338 g/mol. The van der Waals surface area contributed by atoms with Crippen LogP contribution in [-0.2, 0) is 9.53 Å². The van der Waals surface area contributed by atoms with Crippen molar-refractivity contribution in [1.29, 1.82) is 0 Å². The predicted molar refractivity (Wildman–Crippen MR) is 90.6 cm³/mol. The number of rotatable bonds is 12. The average molecular weight is 339 g/mol. The fourth-order valence-electron chi connectivity index (χ4n) is 2.05. The third-order valence-electron chi connectivity index (χ3n) is 3.13. The van der Waals surface area contributed by atoms with Gasteiger partial charge in [-0.2, -0.15) is 0 Å². The summed E-state index contributed by atoms with van der Waals surface area (Å²) in [7, 11) is 0. The fraction of sp³-hybridized carbons (Fsp3) is 0.941. The molecule has 0 aromatic rings. The lowest BCUT2D eigenvalue weighted by Gasteiger charge is -2.19. The highest BCUT2D eigenvalue weighted by atomic mass is 32.2. The number of alkyl halides is 2. The molecule has 0 aromatic heterocycles. The molecule has 1 unspecified atom stereocenters. The molecule has 0 rings (SSSR count). The van der Waals surface area contributed by atoms with Crippen molar-refractivity contribution in [3.8, 4) is 0 Å². The first-order valence-corrected chi connectivity index (χ1v) is 9.39. The molecule has 0 aliphatic heterocycles. The van der Waals surface area contributed by atoms with Gasteiger partial charge in [-0.25, -0.2) is 8.78 Å². The van der Waals surface area contributed by atoms with Crippen LogP contribution in [0.25, 0.3) is 0 Å². The molecule has 0 bridgehead atoms. The second kappa shape index (κ2) is 11.3. The van der Waals surface area contributed by atoms with Crippen LogP contribution in [0.1, 0.15) is 66.7 Å². The lowest BCUT2D eigenvalue weighted by molar-refractivity contribution is -0.144. The van der Waals surface area contributed by atoms with Crippen LogP contribution in [0.15, 0.2) is 0 Å². The smallest absolute Gasteiger partial charge is 0.319 e. The molecule has 0 saturated heterocycles. The Kier molecular flexibility index (Phi) is 11.1. The van der Waals surface area contributed by atoms with E-state index < -0.39 is 5.92 Å². The van der Waals surface area contributed by atoms with Gasteiger partial charge >= 0.3 is 5.97 Å². The van der Waals surface area contributed by atoms with E-state index in [9.17, 15) is 13.6 Å². The molecule has 132 valence electrons.